The first-order valence-electron chi connectivity index (χ1n) is 10.6. The molecule has 2 saturated heterocycles. The van der Waals surface area contributed by atoms with Gasteiger partial charge in [0.25, 0.3) is 0 Å². The molecule has 5 nitrogen and oxygen atoms in total. The van der Waals surface area contributed by atoms with Crippen LogP contribution in [0.3, 0.4) is 0 Å². The summed E-state index contributed by atoms with van der Waals surface area (Å²) in [6.45, 7) is 1.87. The van der Waals surface area contributed by atoms with Gasteiger partial charge in [0.15, 0.2) is 6.29 Å². The minimum Gasteiger partial charge on any atom is -0.352 e. The second-order valence-corrected chi connectivity index (χ2v) is 9.30. The Kier molecular flexibility index (Phi) is 5.63. The van der Waals surface area contributed by atoms with Crippen molar-refractivity contribution >= 4 is 24.0 Å². The van der Waals surface area contributed by atoms with E-state index in [9.17, 15) is 9.59 Å². The third-order valence-electron chi connectivity index (χ3n) is 6.14. The molecule has 3 heterocycles. The van der Waals surface area contributed by atoms with Crippen LogP contribution in [0.2, 0.25) is 0 Å². The van der Waals surface area contributed by atoms with E-state index in [2.05, 4.69) is 36.4 Å². The summed E-state index contributed by atoms with van der Waals surface area (Å²) in [6.07, 6.45) is 3.28. The lowest BCUT2D eigenvalue weighted by Crippen LogP contribution is -2.39. The minimum absolute atomic E-state index is 0.00535. The highest BCUT2D eigenvalue weighted by atomic mass is 32.2. The summed E-state index contributed by atoms with van der Waals surface area (Å²) in [5.41, 5.74) is 3.59. The standard InChI is InChI=1S/C24H25NO4S/c26-15-20-13-19(24-28-8-3-9-29-24)14-25(20)23(27)11-16-6-7-22-18(10-16)12-17-4-1-2-5-21(17)30-22/h1-2,4-7,10,15,19-20,24H,3,8-9,11-14H2. The molecule has 156 valence electrons. The second kappa shape index (κ2) is 8.53. The fourth-order valence-electron chi connectivity index (χ4n) is 4.62. The Morgan fingerprint density at radius 3 is 2.73 bits per heavy atom. The summed E-state index contributed by atoms with van der Waals surface area (Å²) >= 11 is 1.79. The molecule has 0 N–H and O–H groups in total. The van der Waals surface area contributed by atoms with E-state index >= 15 is 0 Å². The second-order valence-electron chi connectivity index (χ2n) is 8.21. The molecule has 0 saturated carbocycles. The number of hydrogen-bond acceptors (Lipinski definition) is 5. The first kappa shape index (κ1) is 19.8. The summed E-state index contributed by atoms with van der Waals surface area (Å²) < 4.78 is 11.4. The average molecular weight is 424 g/mol. The number of ether oxygens (including phenoxy) is 2. The van der Waals surface area contributed by atoms with E-state index < -0.39 is 6.04 Å². The number of amides is 1. The van der Waals surface area contributed by atoms with Crippen molar-refractivity contribution in [3.05, 3.63) is 59.2 Å². The zero-order valence-corrected chi connectivity index (χ0v) is 17.6. The number of hydrogen-bond donors (Lipinski definition) is 0. The fraction of sp³-hybridized carbons (Fsp3) is 0.417. The lowest BCUT2D eigenvalue weighted by Gasteiger charge is -2.28. The molecule has 2 fully saturated rings. The molecule has 0 aliphatic carbocycles. The number of likely N-dealkylation sites (tertiary alicyclic amines) is 1. The molecule has 30 heavy (non-hydrogen) atoms. The Hall–Kier alpha value is -2.15. The molecule has 3 aliphatic rings. The van der Waals surface area contributed by atoms with Crippen LogP contribution >= 0.6 is 11.8 Å². The minimum atomic E-state index is -0.392. The van der Waals surface area contributed by atoms with Gasteiger partial charge in [0.05, 0.1) is 25.7 Å². The topological polar surface area (TPSA) is 55.8 Å². The first-order chi connectivity index (χ1) is 14.7. The average Bonchev–Trinajstić information content (AvgIpc) is 3.23. The summed E-state index contributed by atoms with van der Waals surface area (Å²) in [5.74, 6) is 0.0510. The Bertz CT molecular complexity index is 956. The van der Waals surface area contributed by atoms with Crippen LogP contribution in [0.1, 0.15) is 29.5 Å². The molecule has 1 amide bonds. The zero-order chi connectivity index (χ0) is 20.5. The van der Waals surface area contributed by atoms with E-state index in [0.29, 0.717) is 32.6 Å². The molecule has 0 radical (unpaired) electrons. The molecule has 0 aromatic heterocycles. The van der Waals surface area contributed by atoms with Gasteiger partial charge in [0.2, 0.25) is 5.91 Å². The Morgan fingerprint density at radius 2 is 1.90 bits per heavy atom. The van der Waals surface area contributed by atoms with Crippen LogP contribution in [0.4, 0.5) is 0 Å². The molecule has 2 unspecified atom stereocenters. The van der Waals surface area contributed by atoms with E-state index in [0.717, 1.165) is 24.7 Å². The molecule has 2 aromatic carbocycles. The van der Waals surface area contributed by atoms with Crippen molar-refractivity contribution in [3.8, 4) is 0 Å². The van der Waals surface area contributed by atoms with Gasteiger partial charge in [-0.1, -0.05) is 42.1 Å². The molecular formula is C24H25NO4S. The Morgan fingerprint density at radius 1 is 1.10 bits per heavy atom. The van der Waals surface area contributed by atoms with Crippen LogP contribution in [0, 0.1) is 5.92 Å². The van der Waals surface area contributed by atoms with Crippen molar-refractivity contribution < 1.29 is 19.1 Å². The van der Waals surface area contributed by atoms with Crippen LogP contribution in [-0.2, 0) is 31.9 Å². The third kappa shape index (κ3) is 3.92. The number of carbonyl (C=O) groups is 2. The van der Waals surface area contributed by atoms with E-state index in [1.54, 1.807) is 16.7 Å². The Balaban J connectivity index is 1.28. The molecule has 0 bridgehead atoms. The summed E-state index contributed by atoms with van der Waals surface area (Å²) in [7, 11) is 0. The largest absolute Gasteiger partial charge is 0.352 e. The van der Waals surface area contributed by atoms with Gasteiger partial charge in [0.1, 0.15) is 6.29 Å². The molecule has 5 rings (SSSR count). The molecule has 3 aliphatic heterocycles. The van der Waals surface area contributed by atoms with E-state index in [1.165, 1.54) is 20.9 Å². The Labute approximate surface area is 180 Å². The quantitative estimate of drug-likeness (QED) is 0.602. The van der Waals surface area contributed by atoms with Gasteiger partial charge in [-0.25, -0.2) is 0 Å². The highest BCUT2D eigenvalue weighted by Crippen LogP contribution is 2.39. The van der Waals surface area contributed by atoms with Gasteiger partial charge < -0.3 is 19.2 Å². The number of carbonyl (C=O) groups excluding carboxylic acids is 2. The third-order valence-corrected chi connectivity index (χ3v) is 7.38. The van der Waals surface area contributed by atoms with Crippen molar-refractivity contribution in [2.75, 3.05) is 19.8 Å². The highest BCUT2D eigenvalue weighted by Gasteiger charge is 2.40. The lowest BCUT2D eigenvalue weighted by molar-refractivity contribution is -0.202. The van der Waals surface area contributed by atoms with Crippen molar-refractivity contribution in [2.45, 2.75) is 47.8 Å². The van der Waals surface area contributed by atoms with Crippen molar-refractivity contribution in [2.24, 2.45) is 5.92 Å². The predicted molar refractivity (Wildman–Crippen MR) is 113 cm³/mol. The van der Waals surface area contributed by atoms with Crippen molar-refractivity contribution in [1.82, 2.24) is 4.90 Å². The SMILES string of the molecule is O=CC1CC(C2OCCCO2)CN1C(=O)Cc1ccc2c(c1)Cc1ccccc1S2. The number of nitrogens with zero attached hydrogens (tertiary/aromatic N) is 1. The highest BCUT2D eigenvalue weighted by molar-refractivity contribution is 7.99. The first-order valence-corrected chi connectivity index (χ1v) is 11.4. The summed E-state index contributed by atoms with van der Waals surface area (Å²) in [5, 5.41) is 0. The van der Waals surface area contributed by atoms with Crippen LogP contribution in [0.15, 0.2) is 52.3 Å². The van der Waals surface area contributed by atoms with E-state index in [4.69, 9.17) is 9.47 Å². The van der Waals surface area contributed by atoms with E-state index in [1.807, 2.05) is 6.07 Å². The smallest absolute Gasteiger partial charge is 0.227 e. The normalized spacial score (nSPS) is 23.7. The van der Waals surface area contributed by atoms with Gasteiger partial charge in [0, 0.05) is 22.3 Å². The summed E-state index contributed by atoms with van der Waals surface area (Å²) in [6, 6.07) is 14.4. The molecule has 6 heteroatoms. The maximum Gasteiger partial charge on any atom is 0.227 e. The van der Waals surface area contributed by atoms with Gasteiger partial charge >= 0.3 is 0 Å². The monoisotopic (exact) mass is 423 g/mol. The van der Waals surface area contributed by atoms with Crippen LogP contribution in [0.5, 0.6) is 0 Å². The fourth-order valence-corrected chi connectivity index (χ4v) is 5.67. The van der Waals surface area contributed by atoms with Crippen LogP contribution in [0.25, 0.3) is 0 Å². The lowest BCUT2D eigenvalue weighted by atomic mass is 10.0. The zero-order valence-electron chi connectivity index (χ0n) is 16.8. The number of aldehydes is 1. The van der Waals surface area contributed by atoms with Crippen molar-refractivity contribution in [3.63, 3.8) is 0 Å². The number of benzene rings is 2. The summed E-state index contributed by atoms with van der Waals surface area (Å²) in [4.78, 5) is 29.0. The molecule has 2 atom stereocenters. The number of fused-ring (bicyclic) bond motifs is 2. The maximum absolute atomic E-state index is 13.1. The predicted octanol–water partition coefficient (Wildman–Crippen LogP) is 3.46. The van der Waals surface area contributed by atoms with Gasteiger partial charge in [-0.3, -0.25) is 4.79 Å². The van der Waals surface area contributed by atoms with Crippen LogP contribution in [-0.4, -0.2) is 49.2 Å². The van der Waals surface area contributed by atoms with E-state index in [-0.39, 0.29) is 18.1 Å². The molecular weight excluding hydrogens is 398 g/mol. The van der Waals surface area contributed by atoms with Gasteiger partial charge in [-0.15, -0.1) is 0 Å². The van der Waals surface area contributed by atoms with Gasteiger partial charge in [-0.2, -0.15) is 0 Å². The van der Waals surface area contributed by atoms with Crippen LogP contribution < -0.4 is 0 Å². The number of rotatable bonds is 4. The molecule has 0 spiro atoms. The van der Waals surface area contributed by atoms with Gasteiger partial charge in [-0.05, 0) is 48.1 Å². The molecule has 2 aromatic rings. The maximum atomic E-state index is 13.1. The van der Waals surface area contributed by atoms with Crippen molar-refractivity contribution in [1.29, 1.82) is 0 Å².